The Morgan fingerprint density at radius 1 is 0.850 bits per heavy atom. The summed E-state index contributed by atoms with van der Waals surface area (Å²) in [6.45, 7) is 0. The Balaban J connectivity index is 1.76. The Morgan fingerprint density at radius 3 is 2.75 bits per heavy atom. The van der Waals surface area contributed by atoms with Gasteiger partial charge in [-0.05, 0) is 42.7 Å². The van der Waals surface area contributed by atoms with Gasteiger partial charge in [-0.3, -0.25) is 0 Å². The van der Waals surface area contributed by atoms with Crippen LogP contribution < -0.4 is 9.47 Å². The van der Waals surface area contributed by atoms with E-state index in [0.717, 1.165) is 35.7 Å². The van der Waals surface area contributed by atoms with Crippen molar-refractivity contribution < 1.29 is 9.47 Å². The van der Waals surface area contributed by atoms with Crippen molar-refractivity contribution >= 4 is 5.76 Å². The minimum Gasteiger partial charge on any atom is -0.465 e. The molecule has 0 spiro atoms. The lowest BCUT2D eigenvalue weighted by Gasteiger charge is -2.22. The molecule has 4 rings (SSSR count). The molecule has 98 valence electrons. The van der Waals surface area contributed by atoms with Gasteiger partial charge < -0.3 is 9.47 Å². The minimum atomic E-state index is 0.883. The summed E-state index contributed by atoms with van der Waals surface area (Å²) in [5.41, 5.74) is 3.55. The Morgan fingerprint density at radius 2 is 1.75 bits per heavy atom. The Kier molecular flexibility index (Phi) is 2.59. The highest BCUT2D eigenvalue weighted by Gasteiger charge is 2.19. The lowest BCUT2D eigenvalue weighted by molar-refractivity contribution is 0.461. The summed E-state index contributed by atoms with van der Waals surface area (Å²) in [4.78, 5) is 0. The van der Waals surface area contributed by atoms with E-state index in [-0.39, 0.29) is 0 Å². The maximum absolute atomic E-state index is 6.07. The van der Waals surface area contributed by atoms with Gasteiger partial charge >= 0.3 is 0 Å². The molecule has 0 aliphatic carbocycles. The van der Waals surface area contributed by atoms with Crippen LogP contribution in [0.2, 0.25) is 0 Å². The van der Waals surface area contributed by atoms with Gasteiger partial charge in [-0.2, -0.15) is 0 Å². The van der Waals surface area contributed by atoms with E-state index >= 15 is 0 Å². The first kappa shape index (κ1) is 11.4. The van der Waals surface area contributed by atoms with Crippen molar-refractivity contribution in [3.63, 3.8) is 0 Å². The number of hydrogen-bond donors (Lipinski definition) is 0. The molecule has 2 aromatic carbocycles. The highest BCUT2D eigenvalue weighted by Crippen LogP contribution is 2.35. The SMILES string of the molecule is C1=COc2cccc(C3=CCc4ccccc4O3)c2C1. The number of benzene rings is 2. The minimum absolute atomic E-state index is 0.883. The summed E-state index contributed by atoms with van der Waals surface area (Å²) in [6.07, 6.45) is 7.72. The van der Waals surface area contributed by atoms with Crippen molar-refractivity contribution in [3.8, 4) is 11.5 Å². The van der Waals surface area contributed by atoms with Gasteiger partial charge in [-0.1, -0.05) is 30.3 Å². The summed E-state index contributed by atoms with van der Waals surface area (Å²) in [6, 6.07) is 14.3. The molecule has 0 N–H and O–H groups in total. The Labute approximate surface area is 118 Å². The van der Waals surface area contributed by atoms with Gasteiger partial charge in [0, 0.05) is 11.1 Å². The van der Waals surface area contributed by atoms with Gasteiger partial charge in [0.2, 0.25) is 0 Å². The first-order valence-electron chi connectivity index (χ1n) is 6.82. The van der Waals surface area contributed by atoms with Crippen LogP contribution in [-0.2, 0) is 12.8 Å². The van der Waals surface area contributed by atoms with Gasteiger partial charge in [-0.15, -0.1) is 0 Å². The van der Waals surface area contributed by atoms with E-state index in [9.17, 15) is 0 Å². The van der Waals surface area contributed by atoms with E-state index in [2.05, 4.69) is 18.2 Å². The Hall–Kier alpha value is -2.48. The molecule has 0 saturated heterocycles. The zero-order valence-electron chi connectivity index (χ0n) is 11.0. The van der Waals surface area contributed by atoms with Crippen LogP contribution in [0.1, 0.15) is 16.7 Å². The molecule has 2 heterocycles. The van der Waals surface area contributed by atoms with Gasteiger partial charge in [-0.25, -0.2) is 0 Å². The van der Waals surface area contributed by atoms with Crippen LogP contribution in [0.15, 0.2) is 60.9 Å². The maximum atomic E-state index is 6.07. The summed E-state index contributed by atoms with van der Waals surface area (Å²) in [5, 5.41) is 0. The quantitative estimate of drug-likeness (QED) is 0.770. The fraction of sp³-hybridized carbons (Fsp3) is 0.111. The molecule has 2 aromatic rings. The maximum Gasteiger partial charge on any atom is 0.131 e. The summed E-state index contributed by atoms with van der Waals surface area (Å²) >= 11 is 0. The standard InChI is InChI=1S/C18H14O2/c1-2-8-16-13(5-1)10-11-18(20-16)15-6-3-9-17-14(15)7-4-12-19-17/h1-6,8-9,11-12H,7,10H2. The highest BCUT2D eigenvalue weighted by atomic mass is 16.5. The van der Waals surface area contributed by atoms with E-state index < -0.39 is 0 Å². The van der Waals surface area contributed by atoms with Gasteiger partial charge in [0.05, 0.1) is 6.26 Å². The zero-order valence-corrected chi connectivity index (χ0v) is 11.0. The van der Waals surface area contributed by atoms with Crippen molar-refractivity contribution in [2.75, 3.05) is 0 Å². The van der Waals surface area contributed by atoms with Crippen molar-refractivity contribution in [2.45, 2.75) is 12.8 Å². The molecule has 0 radical (unpaired) electrons. The smallest absolute Gasteiger partial charge is 0.131 e. The molecule has 2 aliphatic rings. The first-order valence-corrected chi connectivity index (χ1v) is 6.82. The summed E-state index contributed by atoms with van der Waals surface area (Å²) in [7, 11) is 0. The number of ether oxygens (including phenoxy) is 2. The monoisotopic (exact) mass is 262 g/mol. The third-order valence-corrected chi connectivity index (χ3v) is 3.71. The second-order valence-electron chi connectivity index (χ2n) is 4.96. The van der Waals surface area contributed by atoms with Crippen molar-refractivity contribution in [1.29, 1.82) is 0 Å². The van der Waals surface area contributed by atoms with Crippen LogP contribution in [0, 0.1) is 0 Å². The molecule has 2 aliphatic heterocycles. The molecule has 0 fully saturated rings. The highest BCUT2D eigenvalue weighted by molar-refractivity contribution is 5.70. The number of allylic oxidation sites excluding steroid dienone is 2. The number of fused-ring (bicyclic) bond motifs is 2. The molecular formula is C18H14O2. The van der Waals surface area contributed by atoms with E-state index in [4.69, 9.17) is 9.47 Å². The number of para-hydroxylation sites is 1. The van der Waals surface area contributed by atoms with E-state index in [0.29, 0.717) is 0 Å². The van der Waals surface area contributed by atoms with E-state index in [1.807, 2.05) is 36.4 Å². The fourth-order valence-electron chi connectivity index (χ4n) is 2.70. The Bertz CT molecular complexity index is 726. The van der Waals surface area contributed by atoms with Crippen molar-refractivity contribution in [2.24, 2.45) is 0 Å². The predicted octanol–water partition coefficient (Wildman–Crippen LogP) is 4.11. The molecule has 0 atom stereocenters. The molecule has 0 saturated carbocycles. The third kappa shape index (κ3) is 1.81. The lowest BCUT2D eigenvalue weighted by atomic mass is 9.98. The zero-order chi connectivity index (χ0) is 13.4. The fourth-order valence-corrected chi connectivity index (χ4v) is 2.70. The summed E-state index contributed by atoms with van der Waals surface area (Å²) < 4.78 is 11.6. The van der Waals surface area contributed by atoms with Gasteiger partial charge in [0.25, 0.3) is 0 Å². The second kappa shape index (κ2) is 4.57. The molecular weight excluding hydrogens is 248 g/mol. The largest absolute Gasteiger partial charge is 0.465 e. The van der Waals surface area contributed by atoms with Crippen LogP contribution in [-0.4, -0.2) is 0 Å². The van der Waals surface area contributed by atoms with Crippen LogP contribution in [0.4, 0.5) is 0 Å². The molecule has 20 heavy (non-hydrogen) atoms. The second-order valence-corrected chi connectivity index (χ2v) is 4.96. The average Bonchev–Trinajstić information content (AvgIpc) is 2.54. The van der Waals surface area contributed by atoms with E-state index in [1.165, 1.54) is 11.1 Å². The van der Waals surface area contributed by atoms with Crippen LogP contribution >= 0.6 is 0 Å². The van der Waals surface area contributed by atoms with Crippen LogP contribution in [0.5, 0.6) is 11.5 Å². The number of hydrogen-bond acceptors (Lipinski definition) is 2. The molecule has 0 bridgehead atoms. The van der Waals surface area contributed by atoms with Gasteiger partial charge in [0.15, 0.2) is 0 Å². The van der Waals surface area contributed by atoms with Gasteiger partial charge in [0.1, 0.15) is 17.3 Å². The summed E-state index contributed by atoms with van der Waals surface area (Å²) in [5.74, 6) is 2.81. The molecule has 2 nitrogen and oxygen atoms in total. The topological polar surface area (TPSA) is 18.5 Å². The lowest BCUT2D eigenvalue weighted by Crippen LogP contribution is -2.08. The third-order valence-electron chi connectivity index (χ3n) is 3.71. The van der Waals surface area contributed by atoms with Crippen LogP contribution in [0.25, 0.3) is 5.76 Å². The molecule has 0 unspecified atom stereocenters. The molecule has 0 aromatic heterocycles. The molecule has 0 amide bonds. The predicted molar refractivity (Wildman–Crippen MR) is 78.7 cm³/mol. The van der Waals surface area contributed by atoms with Crippen molar-refractivity contribution in [3.05, 3.63) is 77.6 Å². The normalized spacial score (nSPS) is 15.5. The molecule has 2 heteroatoms. The number of rotatable bonds is 1. The van der Waals surface area contributed by atoms with Crippen molar-refractivity contribution in [1.82, 2.24) is 0 Å². The first-order chi connectivity index (χ1) is 9.92. The average molecular weight is 262 g/mol. The van der Waals surface area contributed by atoms with E-state index in [1.54, 1.807) is 6.26 Å². The van der Waals surface area contributed by atoms with Crippen LogP contribution in [0.3, 0.4) is 0 Å².